The van der Waals surface area contributed by atoms with Gasteiger partial charge in [0.05, 0.1) is 11.2 Å². The van der Waals surface area contributed by atoms with E-state index in [0.717, 1.165) is 16.2 Å². The van der Waals surface area contributed by atoms with Gasteiger partial charge >= 0.3 is 7.12 Å². The van der Waals surface area contributed by atoms with Gasteiger partial charge in [-0.1, -0.05) is 24.6 Å². The molecule has 0 amide bonds. The van der Waals surface area contributed by atoms with Crippen LogP contribution in [0.25, 0.3) is 10.8 Å². The molecular weight excluding hydrogens is 313 g/mol. The van der Waals surface area contributed by atoms with Gasteiger partial charge in [-0.25, -0.2) is 4.39 Å². The van der Waals surface area contributed by atoms with Crippen molar-refractivity contribution in [3.8, 4) is 0 Å². The Bertz CT molecular complexity index is 757. The lowest BCUT2D eigenvalue weighted by Gasteiger charge is -2.32. The van der Waals surface area contributed by atoms with Gasteiger partial charge in [-0.3, -0.25) is 0 Å². The zero-order chi connectivity index (χ0) is 17.0. The van der Waals surface area contributed by atoms with E-state index < -0.39 is 18.3 Å². The highest BCUT2D eigenvalue weighted by Crippen LogP contribution is 2.37. The van der Waals surface area contributed by atoms with Crippen molar-refractivity contribution >= 4 is 35.0 Å². The molecule has 1 saturated heterocycles. The maximum absolute atomic E-state index is 14.3. The normalized spacial score (nSPS) is 19.5. The van der Waals surface area contributed by atoms with Crippen LogP contribution in [-0.2, 0) is 15.7 Å². The number of halogens is 2. The van der Waals surface area contributed by atoms with Crippen LogP contribution in [0.4, 0.5) is 4.39 Å². The van der Waals surface area contributed by atoms with Crippen LogP contribution in [0.2, 0.25) is 5.02 Å². The van der Waals surface area contributed by atoms with Crippen molar-refractivity contribution < 1.29 is 13.7 Å². The third-order valence-corrected chi connectivity index (χ3v) is 5.24. The molecule has 0 N–H and O–H groups in total. The highest BCUT2D eigenvalue weighted by Gasteiger charge is 2.52. The molecule has 0 spiro atoms. The molecule has 1 aliphatic heterocycles. The molecule has 0 radical (unpaired) electrons. The monoisotopic (exact) mass is 334 g/mol. The van der Waals surface area contributed by atoms with Crippen molar-refractivity contribution in [2.24, 2.45) is 0 Å². The molecule has 0 bridgehead atoms. The second kappa shape index (κ2) is 5.47. The van der Waals surface area contributed by atoms with E-state index in [2.05, 4.69) is 0 Å². The van der Waals surface area contributed by atoms with E-state index in [4.69, 9.17) is 20.9 Å². The molecule has 2 aromatic rings. The molecular formula is C18H21BClFO2. The summed E-state index contributed by atoms with van der Waals surface area (Å²) in [4.78, 5) is 0. The highest BCUT2D eigenvalue weighted by atomic mass is 35.5. The summed E-state index contributed by atoms with van der Waals surface area (Å²) in [6.07, 6.45) is 0.595. The third-order valence-electron chi connectivity index (χ3n) is 5.02. The Kier molecular flexibility index (Phi) is 3.99. The highest BCUT2D eigenvalue weighted by molar-refractivity contribution is 6.65. The molecule has 2 aromatic carbocycles. The van der Waals surface area contributed by atoms with Crippen molar-refractivity contribution in [2.75, 3.05) is 0 Å². The molecule has 0 aliphatic carbocycles. The van der Waals surface area contributed by atoms with Gasteiger partial charge in [0.15, 0.2) is 0 Å². The predicted molar refractivity (Wildman–Crippen MR) is 94.0 cm³/mol. The van der Waals surface area contributed by atoms with Crippen LogP contribution in [0.3, 0.4) is 0 Å². The van der Waals surface area contributed by atoms with Crippen LogP contribution in [-0.4, -0.2) is 18.3 Å². The first-order valence-corrected chi connectivity index (χ1v) is 8.30. The van der Waals surface area contributed by atoms with Gasteiger partial charge in [-0.2, -0.15) is 0 Å². The SMILES string of the molecule is CCc1c(F)ccc2cc(Cl)cc(B3OC(C)(C)C(C)(C)O3)c12. The molecule has 0 saturated carbocycles. The number of hydrogen-bond acceptors (Lipinski definition) is 2. The fourth-order valence-electron chi connectivity index (χ4n) is 3.01. The molecule has 122 valence electrons. The zero-order valence-electron chi connectivity index (χ0n) is 14.2. The first-order valence-electron chi connectivity index (χ1n) is 7.92. The summed E-state index contributed by atoms with van der Waals surface area (Å²) in [5, 5.41) is 2.34. The minimum Gasteiger partial charge on any atom is -0.399 e. The van der Waals surface area contributed by atoms with Gasteiger partial charge in [0.25, 0.3) is 0 Å². The van der Waals surface area contributed by atoms with Crippen molar-refractivity contribution in [1.82, 2.24) is 0 Å². The van der Waals surface area contributed by atoms with E-state index in [0.29, 0.717) is 17.0 Å². The summed E-state index contributed by atoms with van der Waals surface area (Å²) in [5.74, 6) is -0.208. The first kappa shape index (κ1) is 16.8. The lowest BCUT2D eigenvalue weighted by Crippen LogP contribution is -2.41. The smallest absolute Gasteiger partial charge is 0.399 e. The molecule has 1 heterocycles. The molecule has 1 fully saturated rings. The van der Waals surface area contributed by atoms with Crippen LogP contribution < -0.4 is 5.46 Å². The topological polar surface area (TPSA) is 18.5 Å². The number of hydrogen-bond donors (Lipinski definition) is 0. The number of fused-ring (bicyclic) bond motifs is 1. The molecule has 3 rings (SSSR count). The van der Waals surface area contributed by atoms with Crippen molar-refractivity contribution in [2.45, 2.75) is 52.2 Å². The second-order valence-corrected chi connectivity index (χ2v) is 7.50. The van der Waals surface area contributed by atoms with E-state index in [1.165, 1.54) is 6.07 Å². The Morgan fingerprint density at radius 2 is 1.70 bits per heavy atom. The van der Waals surface area contributed by atoms with Crippen LogP contribution in [0.5, 0.6) is 0 Å². The van der Waals surface area contributed by atoms with Crippen LogP contribution >= 0.6 is 11.6 Å². The molecule has 0 atom stereocenters. The van der Waals surface area contributed by atoms with Gasteiger partial charge in [-0.05, 0) is 74.1 Å². The van der Waals surface area contributed by atoms with Gasteiger partial charge in [0.2, 0.25) is 0 Å². The van der Waals surface area contributed by atoms with Crippen LogP contribution in [0.15, 0.2) is 24.3 Å². The average Bonchev–Trinajstić information content (AvgIpc) is 2.67. The van der Waals surface area contributed by atoms with Gasteiger partial charge < -0.3 is 9.31 Å². The standard InChI is InChI=1S/C18H21BClFO2/c1-6-13-15(21)8-7-11-9-12(20)10-14(16(11)13)19-22-17(2,3)18(4,5)23-19/h7-10H,6H2,1-5H3. The van der Waals surface area contributed by atoms with E-state index >= 15 is 0 Å². The third kappa shape index (κ3) is 2.67. The summed E-state index contributed by atoms with van der Waals surface area (Å²) >= 11 is 6.27. The van der Waals surface area contributed by atoms with E-state index in [1.807, 2.05) is 46.8 Å². The van der Waals surface area contributed by atoms with Crippen molar-refractivity contribution in [3.05, 3.63) is 40.7 Å². The van der Waals surface area contributed by atoms with Gasteiger partial charge in [-0.15, -0.1) is 0 Å². The molecule has 1 aliphatic rings. The summed E-state index contributed by atoms with van der Waals surface area (Å²) in [7, 11) is -0.562. The molecule has 23 heavy (non-hydrogen) atoms. The maximum atomic E-state index is 14.3. The fourth-order valence-corrected chi connectivity index (χ4v) is 3.25. The first-order chi connectivity index (χ1) is 10.7. The summed E-state index contributed by atoms with van der Waals surface area (Å²) in [6.45, 7) is 9.95. The number of rotatable bonds is 2. The Hall–Kier alpha value is -1.10. The summed E-state index contributed by atoms with van der Waals surface area (Å²) in [5.41, 5.74) is 0.559. The van der Waals surface area contributed by atoms with Gasteiger partial charge in [0, 0.05) is 5.02 Å². The van der Waals surface area contributed by atoms with Crippen molar-refractivity contribution in [1.29, 1.82) is 0 Å². The van der Waals surface area contributed by atoms with Crippen LogP contribution in [0, 0.1) is 5.82 Å². The quantitative estimate of drug-likeness (QED) is 0.753. The summed E-state index contributed by atoms with van der Waals surface area (Å²) in [6, 6.07) is 6.92. The van der Waals surface area contributed by atoms with E-state index in [-0.39, 0.29) is 5.82 Å². The van der Waals surface area contributed by atoms with Gasteiger partial charge in [0.1, 0.15) is 5.82 Å². The Balaban J connectivity index is 2.24. The van der Waals surface area contributed by atoms with Crippen LogP contribution in [0.1, 0.15) is 40.2 Å². The largest absolute Gasteiger partial charge is 0.495 e. The Morgan fingerprint density at radius 1 is 1.09 bits per heavy atom. The zero-order valence-corrected chi connectivity index (χ0v) is 14.9. The fraction of sp³-hybridized carbons (Fsp3) is 0.444. The molecule has 5 heteroatoms. The predicted octanol–water partition coefficient (Wildman–Crippen LogP) is 4.49. The minimum atomic E-state index is -0.562. The molecule has 2 nitrogen and oxygen atoms in total. The Morgan fingerprint density at radius 3 is 2.26 bits per heavy atom. The van der Waals surface area contributed by atoms with E-state index in [9.17, 15) is 4.39 Å². The lowest BCUT2D eigenvalue weighted by atomic mass is 9.74. The molecule has 0 unspecified atom stereocenters. The van der Waals surface area contributed by atoms with Crippen molar-refractivity contribution in [3.63, 3.8) is 0 Å². The van der Waals surface area contributed by atoms with E-state index in [1.54, 1.807) is 6.07 Å². The maximum Gasteiger partial charge on any atom is 0.495 e. The lowest BCUT2D eigenvalue weighted by molar-refractivity contribution is 0.00578. The summed E-state index contributed by atoms with van der Waals surface area (Å²) < 4.78 is 26.6. The second-order valence-electron chi connectivity index (χ2n) is 7.06. The Labute approximate surface area is 142 Å². The molecule has 0 aromatic heterocycles. The average molecular weight is 335 g/mol. The minimum absolute atomic E-state index is 0.208. The number of benzene rings is 2. The number of aryl methyl sites for hydroxylation is 1.